The van der Waals surface area contributed by atoms with Crippen molar-refractivity contribution in [3.63, 3.8) is 0 Å². The van der Waals surface area contributed by atoms with E-state index in [-0.39, 0.29) is 48.1 Å². The summed E-state index contributed by atoms with van der Waals surface area (Å²) in [5.74, 6) is -0.800. The number of imide groups is 1. The van der Waals surface area contributed by atoms with Gasteiger partial charge in [0.2, 0.25) is 17.7 Å². The predicted molar refractivity (Wildman–Crippen MR) is 94.3 cm³/mol. The van der Waals surface area contributed by atoms with Crippen molar-refractivity contribution >= 4 is 17.7 Å². The zero-order valence-corrected chi connectivity index (χ0v) is 14.9. The molecular formula is C20H26N2O3. The maximum absolute atomic E-state index is 12.5. The number of fused-ring (bicyclic) bond motifs is 1. The third-order valence-corrected chi connectivity index (χ3v) is 5.38. The summed E-state index contributed by atoms with van der Waals surface area (Å²) in [5.41, 5.74) is 1.03. The first-order valence-electron chi connectivity index (χ1n) is 9.18. The summed E-state index contributed by atoms with van der Waals surface area (Å²) in [5, 5.41) is 3.00. The summed E-state index contributed by atoms with van der Waals surface area (Å²) in [4.78, 5) is 38.7. The largest absolute Gasteiger partial charge is 0.347 e. The maximum Gasteiger partial charge on any atom is 0.240 e. The van der Waals surface area contributed by atoms with Crippen LogP contribution >= 0.6 is 0 Å². The van der Waals surface area contributed by atoms with Gasteiger partial charge in [0.15, 0.2) is 0 Å². The SMILES string of the molecule is CC(C)[C@H](NC(=O)CN1C(=O)[C@H]2CCCC[C@H]2C1=O)c1ccccc1. The Hall–Kier alpha value is -2.17. The van der Waals surface area contributed by atoms with Gasteiger partial charge in [-0.05, 0) is 24.3 Å². The molecule has 0 spiro atoms. The molecule has 2 aliphatic rings. The second kappa shape index (κ2) is 7.38. The molecule has 1 saturated heterocycles. The Bertz CT molecular complexity index is 632. The van der Waals surface area contributed by atoms with Crippen LogP contribution in [0, 0.1) is 17.8 Å². The highest BCUT2D eigenvalue weighted by atomic mass is 16.2. The van der Waals surface area contributed by atoms with Gasteiger partial charge in [0.1, 0.15) is 6.54 Å². The van der Waals surface area contributed by atoms with E-state index in [1.54, 1.807) is 0 Å². The number of amides is 3. The topological polar surface area (TPSA) is 66.5 Å². The van der Waals surface area contributed by atoms with Gasteiger partial charge >= 0.3 is 0 Å². The van der Waals surface area contributed by atoms with E-state index in [4.69, 9.17) is 0 Å². The van der Waals surface area contributed by atoms with Gasteiger partial charge in [0.05, 0.1) is 17.9 Å². The molecule has 0 radical (unpaired) electrons. The number of nitrogens with one attached hydrogen (secondary N) is 1. The number of carbonyl (C=O) groups excluding carboxylic acids is 3. The summed E-state index contributed by atoms with van der Waals surface area (Å²) in [6.45, 7) is 3.91. The predicted octanol–water partition coefficient (Wildman–Crippen LogP) is 2.68. The van der Waals surface area contributed by atoms with E-state index in [2.05, 4.69) is 5.32 Å². The molecule has 1 N–H and O–H groups in total. The summed E-state index contributed by atoms with van der Waals surface area (Å²) in [7, 11) is 0. The summed E-state index contributed by atoms with van der Waals surface area (Å²) in [6.07, 6.45) is 3.52. The Morgan fingerprint density at radius 2 is 1.64 bits per heavy atom. The lowest BCUT2D eigenvalue weighted by atomic mass is 9.81. The molecule has 0 unspecified atom stereocenters. The summed E-state index contributed by atoms with van der Waals surface area (Å²) in [6, 6.07) is 9.64. The average Bonchev–Trinajstić information content (AvgIpc) is 2.85. The van der Waals surface area contributed by atoms with E-state index in [1.807, 2.05) is 44.2 Å². The molecule has 134 valence electrons. The van der Waals surface area contributed by atoms with Gasteiger partial charge in [0.25, 0.3) is 0 Å². The van der Waals surface area contributed by atoms with Gasteiger partial charge in [-0.1, -0.05) is 57.0 Å². The molecule has 25 heavy (non-hydrogen) atoms. The first-order valence-corrected chi connectivity index (χ1v) is 9.18. The molecule has 1 heterocycles. The van der Waals surface area contributed by atoms with Crippen molar-refractivity contribution in [1.82, 2.24) is 10.2 Å². The Labute approximate surface area is 148 Å². The van der Waals surface area contributed by atoms with Crippen LogP contribution in [0.3, 0.4) is 0 Å². The first kappa shape index (κ1) is 17.6. The zero-order valence-electron chi connectivity index (χ0n) is 14.9. The molecule has 1 aliphatic carbocycles. The van der Waals surface area contributed by atoms with Gasteiger partial charge in [-0.25, -0.2) is 0 Å². The van der Waals surface area contributed by atoms with Gasteiger partial charge in [-0.3, -0.25) is 19.3 Å². The fourth-order valence-corrected chi connectivity index (χ4v) is 4.04. The number of hydrogen-bond donors (Lipinski definition) is 1. The molecule has 3 amide bonds. The van der Waals surface area contributed by atoms with Crippen molar-refractivity contribution in [3.05, 3.63) is 35.9 Å². The monoisotopic (exact) mass is 342 g/mol. The van der Waals surface area contributed by atoms with Crippen LogP contribution in [0.25, 0.3) is 0 Å². The highest BCUT2D eigenvalue weighted by molar-refractivity contribution is 6.07. The summed E-state index contributed by atoms with van der Waals surface area (Å²) < 4.78 is 0. The van der Waals surface area contributed by atoms with E-state index < -0.39 is 0 Å². The standard InChI is InChI=1S/C20H26N2O3/c1-13(2)18(14-8-4-3-5-9-14)21-17(23)12-22-19(24)15-10-6-7-11-16(15)20(22)25/h3-5,8-9,13,15-16,18H,6-7,10-12H2,1-2H3,(H,21,23)/t15-,16+,18-/m0/s1. The smallest absolute Gasteiger partial charge is 0.240 e. The third kappa shape index (κ3) is 3.60. The van der Waals surface area contributed by atoms with Gasteiger partial charge in [0, 0.05) is 0 Å². The van der Waals surface area contributed by atoms with Crippen molar-refractivity contribution in [2.45, 2.75) is 45.6 Å². The lowest BCUT2D eigenvalue weighted by Crippen LogP contribution is -2.43. The van der Waals surface area contributed by atoms with Crippen LogP contribution in [0.15, 0.2) is 30.3 Å². The van der Waals surface area contributed by atoms with Crippen LogP contribution < -0.4 is 5.32 Å². The van der Waals surface area contributed by atoms with Crippen LogP contribution in [0.5, 0.6) is 0 Å². The van der Waals surface area contributed by atoms with E-state index in [0.29, 0.717) is 0 Å². The molecular weight excluding hydrogens is 316 g/mol. The zero-order chi connectivity index (χ0) is 18.0. The molecule has 1 saturated carbocycles. The minimum Gasteiger partial charge on any atom is -0.347 e. The van der Waals surface area contributed by atoms with Gasteiger partial charge in [-0.2, -0.15) is 0 Å². The molecule has 0 aromatic heterocycles. The highest BCUT2D eigenvalue weighted by Crippen LogP contribution is 2.37. The number of benzene rings is 1. The number of nitrogens with zero attached hydrogens (tertiary/aromatic N) is 1. The third-order valence-electron chi connectivity index (χ3n) is 5.38. The van der Waals surface area contributed by atoms with Crippen LogP contribution in [-0.4, -0.2) is 29.2 Å². The fraction of sp³-hybridized carbons (Fsp3) is 0.550. The number of carbonyl (C=O) groups is 3. The van der Waals surface area contributed by atoms with Crippen LogP contribution in [-0.2, 0) is 14.4 Å². The molecule has 1 aliphatic heterocycles. The number of rotatable bonds is 5. The maximum atomic E-state index is 12.5. The average molecular weight is 342 g/mol. The van der Waals surface area contributed by atoms with E-state index >= 15 is 0 Å². The van der Waals surface area contributed by atoms with Gasteiger partial charge < -0.3 is 5.32 Å². The van der Waals surface area contributed by atoms with E-state index in [1.165, 1.54) is 4.90 Å². The van der Waals surface area contributed by atoms with Gasteiger partial charge in [-0.15, -0.1) is 0 Å². The van der Waals surface area contributed by atoms with Crippen LogP contribution in [0.1, 0.15) is 51.1 Å². The molecule has 5 nitrogen and oxygen atoms in total. The fourth-order valence-electron chi connectivity index (χ4n) is 4.04. The quantitative estimate of drug-likeness (QED) is 0.837. The molecule has 5 heteroatoms. The Balaban J connectivity index is 1.67. The molecule has 1 aromatic rings. The van der Waals surface area contributed by atoms with Crippen molar-refractivity contribution in [1.29, 1.82) is 0 Å². The van der Waals surface area contributed by atoms with Crippen molar-refractivity contribution < 1.29 is 14.4 Å². The second-order valence-corrected chi connectivity index (χ2v) is 7.46. The number of hydrogen-bond acceptors (Lipinski definition) is 3. The first-order chi connectivity index (χ1) is 12.0. The Kier molecular flexibility index (Phi) is 5.21. The van der Waals surface area contributed by atoms with Crippen molar-refractivity contribution in [2.24, 2.45) is 17.8 Å². The molecule has 3 atom stereocenters. The van der Waals surface area contributed by atoms with E-state index in [0.717, 1.165) is 31.2 Å². The lowest BCUT2D eigenvalue weighted by molar-refractivity contribution is -0.143. The number of likely N-dealkylation sites (tertiary alicyclic amines) is 1. The molecule has 1 aromatic carbocycles. The normalized spacial score (nSPS) is 24.4. The Morgan fingerprint density at radius 3 is 2.16 bits per heavy atom. The second-order valence-electron chi connectivity index (χ2n) is 7.46. The molecule has 0 bridgehead atoms. The summed E-state index contributed by atoms with van der Waals surface area (Å²) >= 11 is 0. The van der Waals surface area contributed by atoms with E-state index in [9.17, 15) is 14.4 Å². The van der Waals surface area contributed by atoms with Crippen molar-refractivity contribution in [2.75, 3.05) is 6.54 Å². The van der Waals surface area contributed by atoms with Crippen molar-refractivity contribution in [3.8, 4) is 0 Å². The molecule has 3 rings (SSSR count). The van der Waals surface area contributed by atoms with Crippen LogP contribution in [0.2, 0.25) is 0 Å². The minimum absolute atomic E-state index is 0.135. The van der Waals surface area contributed by atoms with Crippen LogP contribution in [0.4, 0.5) is 0 Å². The molecule has 2 fully saturated rings. The lowest BCUT2D eigenvalue weighted by Gasteiger charge is -2.24. The minimum atomic E-state index is -0.275. The highest BCUT2D eigenvalue weighted by Gasteiger charge is 2.48. The Morgan fingerprint density at radius 1 is 1.08 bits per heavy atom.